The molecule has 0 saturated heterocycles. The van der Waals surface area contributed by atoms with Crippen LogP contribution in [0.2, 0.25) is 0 Å². The summed E-state index contributed by atoms with van der Waals surface area (Å²) in [6, 6.07) is 0.607. The number of thiazole rings is 1. The third-order valence-electron chi connectivity index (χ3n) is 2.29. The lowest BCUT2D eigenvalue weighted by Gasteiger charge is -2.04. The minimum absolute atomic E-state index is 0.288. The number of nitrogens with one attached hydrogen (secondary N) is 2. The summed E-state index contributed by atoms with van der Waals surface area (Å²) in [5.74, 6) is 0. The molecule has 0 aromatic carbocycles. The lowest BCUT2D eigenvalue weighted by molar-refractivity contribution is 0.577. The molecule has 1 heterocycles. The zero-order chi connectivity index (χ0) is 11.6. The van der Waals surface area contributed by atoms with Gasteiger partial charge in [0.25, 0.3) is 10.0 Å². The van der Waals surface area contributed by atoms with Crippen molar-refractivity contribution < 1.29 is 8.42 Å². The van der Waals surface area contributed by atoms with Crippen molar-refractivity contribution in [1.82, 2.24) is 15.0 Å². The molecule has 90 valence electrons. The van der Waals surface area contributed by atoms with E-state index in [4.69, 9.17) is 0 Å². The molecule has 2 N–H and O–H groups in total. The van der Waals surface area contributed by atoms with Crippen molar-refractivity contribution >= 4 is 21.4 Å². The number of hydrogen-bond donors (Lipinski definition) is 2. The second-order valence-corrected chi connectivity index (χ2v) is 7.05. The molecule has 1 aliphatic rings. The van der Waals surface area contributed by atoms with Gasteiger partial charge in [0.15, 0.2) is 4.21 Å². The van der Waals surface area contributed by atoms with E-state index in [1.807, 2.05) is 0 Å². The van der Waals surface area contributed by atoms with Crippen molar-refractivity contribution in [2.75, 3.05) is 13.1 Å². The van der Waals surface area contributed by atoms with E-state index >= 15 is 0 Å². The summed E-state index contributed by atoms with van der Waals surface area (Å²) in [6.45, 7) is 2.90. The summed E-state index contributed by atoms with van der Waals surface area (Å²) < 4.78 is 26.3. The quantitative estimate of drug-likeness (QED) is 0.731. The van der Waals surface area contributed by atoms with Gasteiger partial charge >= 0.3 is 0 Å². The third-order valence-corrected chi connectivity index (χ3v) is 5.13. The molecule has 0 aliphatic heterocycles. The zero-order valence-electron chi connectivity index (χ0n) is 9.06. The van der Waals surface area contributed by atoms with Crippen molar-refractivity contribution in [2.24, 2.45) is 0 Å². The number of hydrogen-bond acceptors (Lipinski definition) is 5. The number of sulfonamides is 1. The van der Waals surface area contributed by atoms with Gasteiger partial charge in [-0.1, -0.05) is 0 Å². The number of rotatable bonds is 6. The number of aryl methyl sites for hydroxylation is 1. The van der Waals surface area contributed by atoms with Gasteiger partial charge in [0.2, 0.25) is 0 Å². The second kappa shape index (κ2) is 4.79. The molecule has 5 nitrogen and oxygen atoms in total. The Kier molecular flexibility index (Phi) is 3.58. The van der Waals surface area contributed by atoms with Gasteiger partial charge in [-0.25, -0.2) is 18.1 Å². The predicted octanol–water partition coefficient (Wildman–Crippen LogP) is 0.482. The van der Waals surface area contributed by atoms with Gasteiger partial charge in [-0.05, 0) is 19.8 Å². The maximum Gasteiger partial charge on any atom is 0.251 e. The van der Waals surface area contributed by atoms with Crippen LogP contribution in [0.5, 0.6) is 0 Å². The molecular weight excluding hydrogens is 246 g/mol. The highest BCUT2D eigenvalue weighted by molar-refractivity contribution is 7.91. The van der Waals surface area contributed by atoms with Crippen LogP contribution in [0, 0.1) is 6.92 Å². The summed E-state index contributed by atoms with van der Waals surface area (Å²) in [5, 5.41) is 4.01. The number of nitrogens with zero attached hydrogens (tertiary/aromatic N) is 1. The minimum Gasteiger partial charge on any atom is -0.313 e. The minimum atomic E-state index is -3.35. The molecule has 0 bridgehead atoms. The van der Waals surface area contributed by atoms with Crippen molar-refractivity contribution in [1.29, 1.82) is 0 Å². The summed E-state index contributed by atoms with van der Waals surface area (Å²) in [7, 11) is -3.35. The highest BCUT2D eigenvalue weighted by Crippen LogP contribution is 2.18. The van der Waals surface area contributed by atoms with Gasteiger partial charge in [0, 0.05) is 19.1 Å². The van der Waals surface area contributed by atoms with Gasteiger partial charge in [-0.3, -0.25) is 0 Å². The Morgan fingerprint density at radius 3 is 2.81 bits per heavy atom. The van der Waals surface area contributed by atoms with Crippen LogP contribution in [0.4, 0.5) is 0 Å². The monoisotopic (exact) mass is 261 g/mol. The van der Waals surface area contributed by atoms with Gasteiger partial charge in [0.05, 0.1) is 11.2 Å². The topological polar surface area (TPSA) is 71.1 Å². The van der Waals surface area contributed by atoms with Crippen LogP contribution >= 0.6 is 11.3 Å². The second-order valence-electron chi connectivity index (χ2n) is 3.82. The van der Waals surface area contributed by atoms with Gasteiger partial charge in [0.1, 0.15) is 0 Å². The molecular formula is C9H15N3O2S2. The van der Waals surface area contributed by atoms with Crippen LogP contribution in [0.25, 0.3) is 0 Å². The van der Waals surface area contributed by atoms with Crippen molar-refractivity contribution in [3.05, 3.63) is 11.2 Å². The third kappa shape index (κ3) is 3.24. The standard InChI is InChI=1S/C9H15N3O2S2/c1-7-11-6-9(15-7)16(13,14)12-5-4-10-8-2-3-8/h6,8,10,12H,2-5H2,1H3. The normalized spacial score (nSPS) is 16.6. The molecule has 0 unspecified atom stereocenters. The van der Waals surface area contributed by atoms with Gasteiger partial charge < -0.3 is 5.32 Å². The first kappa shape index (κ1) is 12.0. The van der Waals surface area contributed by atoms with E-state index in [1.165, 1.54) is 30.4 Å². The van der Waals surface area contributed by atoms with Crippen LogP contribution < -0.4 is 10.0 Å². The molecule has 0 atom stereocenters. The summed E-state index contributed by atoms with van der Waals surface area (Å²) >= 11 is 1.19. The van der Waals surface area contributed by atoms with Crippen LogP contribution in [-0.2, 0) is 10.0 Å². The number of aromatic nitrogens is 1. The Balaban J connectivity index is 1.82. The van der Waals surface area contributed by atoms with Crippen LogP contribution in [0.1, 0.15) is 17.8 Å². The molecule has 1 aliphatic carbocycles. The Bertz CT molecular complexity index is 451. The molecule has 1 fully saturated rings. The molecule has 1 aromatic heterocycles. The summed E-state index contributed by atoms with van der Waals surface area (Å²) in [6.07, 6.45) is 3.82. The first-order chi connectivity index (χ1) is 7.58. The Labute approximate surface area is 99.3 Å². The Hall–Kier alpha value is -0.500. The summed E-state index contributed by atoms with van der Waals surface area (Å²) in [5.41, 5.74) is 0. The highest BCUT2D eigenvalue weighted by Gasteiger charge is 2.20. The Morgan fingerprint density at radius 2 is 2.25 bits per heavy atom. The fourth-order valence-corrected chi connectivity index (χ4v) is 3.47. The maximum atomic E-state index is 11.7. The molecule has 0 spiro atoms. The highest BCUT2D eigenvalue weighted by atomic mass is 32.2. The maximum absolute atomic E-state index is 11.7. The van der Waals surface area contributed by atoms with Crippen molar-refractivity contribution in [3.63, 3.8) is 0 Å². The van der Waals surface area contributed by atoms with Crippen LogP contribution in [-0.4, -0.2) is 32.5 Å². The molecule has 1 saturated carbocycles. The largest absolute Gasteiger partial charge is 0.313 e. The van der Waals surface area contributed by atoms with E-state index in [2.05, 4.69) is 15.0 Å². The fraction of sp³-hybridized carbons (Fsp3) is 0.667. The van der Waals surface area contributed by atoms with Crippen molar-refractivity contribution in [3.8, 4) is 0 Å². The summed E-state index contributed by atoms with van der Waals surface area (Å²) in [4.78, 5) is 3.93. The Morgan fingerprint density at radius 1 is 1.50 bits per heavy atom. The smallest absolute Gasteiger partial charge is 0.251 e. The average Bonchev–Trinajstić information content (AvgIpc) is 2.94. The molecule has 7 heteroatoms. The van der Waals surface area contributed by atoms with Crippen LogP contribution in [0.15, 0.2) is 10.4 Å². The van der Waals surface area contributed by atoms with E-state index in [-0.39, 0.29) is 4.21 Å². The van der Waals surface area contributed by atoms with Gasteiger partial charge in [-0.2, -0.15) is 0 Å². The first-order valence-corrected chi connectivity index (χ1v) is 7.53. The van der Waals surface area contributed by atoms with E-state index in [9.17, 15) is 8.42 Å². The lowest BCUT2D eigenvalue weighted by atomic mass is 10.6. The van der Waals surface area contributed by atoms with E-state index in [0.717, 1.165) is 5.01 Å². The molecule has 1 aromatic rings. The molecule has 0 radical (unpaired) electrons. The van der Waals surface area contributed by atoms with E-state index in [1.54, 1.807) is 6.92 Å². The zero-order valence-corrected chi connectivity index (χ0v) is 10.7. The van der Waals surface area contributed by atoms with E-state index in [0.29, 0.717) is 19.1 Å². The van der Waals surface area contributed by atoms with E-state index < -0.39 is 10.0 Å². The average molecular weight is 261 g/mol. The van der Waals surface area contributed by atoms with Crippen LogP contribution in [0.3, 0.4) is 0 Å². The van der Waals surface area contributed by atoms with Crippen molar-refractivity contribution in [2.45, 2.75) is 30.0 Å². The molecule has 16 heavy (non-hydrogen) atoms. The first-order valence-electron chi connectivity index (χ1n) is 5.23. The lowest BCUT2D eigenvalue weighted by Crippen LogP contribution is -2.32. The molecule has 0 amide bonds. The predicted molar refractivity (Wildman–Crippen MR) is 63.1 cm³/mol. The fourth-order valence-electron chi connectivity index (χ4n) is 1.29. The van der Waals surface area contributed by atoms with Gasteiger partial charge in [-0.15, -0.1) is 11.3 Å². The molecule has 2 rings (SSSR count). The SMILES string of the molecule is Cc1ncc(S(=O)(=O)NCCNC2CC2)s1.